The molecule has 3 aliphatic heterocycles. The zero-order chi connectivity index (χ0) is 68.7. The molecule has 2 aromatic rings. The number of epoxide rings is 1. The normalized spacial score (nSPS) is 23.4. The third kappa shape index (κ3) is 19.7. The SMILES string of the molecule is C=C(CBr)C(=O)OC(C)(C)CCCCC(=O)N[C@H](C(=O)N[C@@H](CCCNC(N)=O)C(=O)Nc1ccc(C(=O)N(C)[C@@H](C)C(=O)O[C@H]2CC(=O)N(C)c3cc(cc(OC)c3Cl)C/C(C)=C/C=C/[C@@H](OC)[C@@]3(O)C[C@H](OC(=O)N3)[C@@H](C)[C@@H]3O[C@@]23C)cc1C(=O)NC)C(C)C. The Morgan fingerprint density at radius 1 is 1.03 bits per heavy atom. The quantitative estimate of drug-likeness (QED) is 0.0140. The van der Waals surface area contributed by atoms with Gasteiger partial charge in [0.05, 0.1) is 36.6 Å². The summed E-state index contributed by atoms with van der Waals surface area (Å²) in [4.78, 5) is 138. The van der Waals surface area contributed by atoms with Crippen LogP contribution < -0.4 is 47.3 Å². The number of nitrogens with two attached hydrogens (primary N) is 1. The number of ether oxygens (including phenoxy) is 6. The van der Waals surface area contributed by atoms with Gasteiger partial charge in [0, 0.05) is 70.0 Å². The number of alkyl carbamates (subject to hydrolysis) is 1. The van der Waals surface area contributed by atoms with Crippen molar-refractivity contribution in [3.8, 4) is 5.75 Å². The molecular formula is C64H89BrClN9O17. The van der Waals surface area contributed by atoms with E-state index in [0.29, 0.717) is 25.7 Å². The first-order chi connectivity index (χ1) is 43.1. The number of fused-ring (bicyclic) bond motifs is 5. The zero-order valence-electron chi connectivity index (χ0n) is 54.5. The minimum absolute atomic E-state index is 0.0269. The minimum Gasteiger partial charge on any atom is -0.495 e. The van der Waals surface area contributed by atoms with Crippen molar-refractivity contribution in [2.45, 2.75) is 173 Å². The second kappa shape index (κ2) is 32.8. The Labute approximate surface area is 550 Å². The first-order valence-electron chi connectivity index (χ1n) is 30.3. The van der Waals surface area contributed by atoms with Crippen LogP contribution in [0.25, 0.3) is 0 Å². The van der Waals surface area contributed by atoms with Gasteiger partial charge in [0.15, 0.2) is 5.72 Å². The van der Waals surface area contributed by atoms with E-state index in [9.17, 15) is 53.1 Å². The lowest BCUT2D eigenvalue weighted by Crippen LogP contribution is -2.63. The van der Waals surface area contributed by atoms with Crippen LogP contribution in [0.4, 0.5) is 21.0 Å². The number of hydrogen-bond acceptors (Lipinski definition) is 17. The van der Waals surface area contributed by atoms with E-state index in [1.54, 1.807) is 65.8 Å². The number of carbonyl (C=O) groups is 10. The molecule has 26 nitrogen and oxygen atoms in total. The zero-order valence-corrected chi connectivity index (χ0v) is 56.8. The van der Waals surface area contributed by atoms with Crippen LogP contribution in [0.1, 0.15) is 133 Å². The van der Waals surface area contributed by atoms with Crippen molar-refractivity contribution >= 4 is 98.4 Å². The van der Waals surface area contributed by atoms with Crippen molar-refractivity contribution in [2.75, 3.05) is 57.5 Å². The summed E-state index contributed by atoms with van der Waals surface area (Å²) < 4.78 is 35.2. The molecule has 3 heterocycles. The van der Waals surface area contributed by atoms with Crippen LogP contribution in [-0.4, -0.2) is 176 Å². The van der Waals surface area contributed by atoms with Gasteiger partial charge in [-0.2, -0.15) is 0 Å². The molecule has 0 unspecified atom stereocenters. The predicted octanol–water partition coefficient (Wildman–Crippen LogP) is 6.03. The summed E-state index contributed by atoms with van der Waals surface area (Å²) in [5.41, 5.74) is 2.85. The van der Waals surface area contributed by atoms with E-state index in [2.05, 4.69) is 54.4 Å². The number of allylic oxidation sites excluding steroid dienone is 3. The van der Waals surface area contributed by atoms with Crippen molar-refractivity contribution in [1.29, 1.82) is 0 Å². The molecule has 4 bridgehead atoms. The van der Waals surface area contributed by atoms with Crippen LogP contribution in [0, 0.1) is 11.8 Å². The first-order valence-corrected chi connectivity index (χ1v) is 31.8. The maximum atomic E-state index is 14.6. The number of hydrogen-bond donors (Lipinski definition) is 8. The summed E-state index contributed by atoms with van der Waals surface area (Å²) >= 11 is 10.1. The molecule has 0 spiro atoms. The molecule has 3 aliphatic rings. The topological polar surface area (TPSA) is 354 Å². The summed E-state index contributed by atoms with van der Waals surface area (Å²) in [6.45, 7) is 17.3. The third-order valence-corrected chi connectivity index (χ3v) is 17.6. The molecule has 0 aliphatic carbocycles. The van der Waals surface area contributed by atoms with E-state index in [0.717, 1.165) is 16.0 Å². The number of methoxy groups -OCH3 is 2. The van der Waals surface area contributed by atoms with Crippen molar-refractivity contribution in [1.82, 2.24) is 31.5 Å². The van der Waals surface area contributed by atoms with E-state index >= 15 is 0 Å². The van der Waals surface area contributed by atoms with Gasteiger partial charge in [-0.25, -0.2) is 19.2 Å². The molecule has 0 saturated carbocycles. The number of rotatable bonds is 25. The Morgan fingerprint density at radius 3 is 2.36 bits per heavy atom. The molecule has 92 heavy (non-hydrogen) atoms. The number of halogens is 2. The van der Waals surface area contributed by atoms with Crippen LogP contribution >= 0.6 is 27.5 Å². The van der Waals surface area contributed by atoms with Gasteiger partial charge in [-0.15, -0.1) is 0 Å². The summed E-state index contributed by atoms with van der Waals surface area (Å²) in [7, 11) is 6.98. The Balaban J connectivity index is 1.38. The third-order valence-electron chi connectivity index (χ3n) is 16.6. The van der Waals surface area contributed by atoms with Gasteiger partial charge in [-0.3, -0.25) is 34.1 Å². The van der Waals surface area contributed by atoms with Gasteiger partial charge >= 0.3 is 24.1 Å². The highest BCUT2D eigenvalue weighted by molar-refractivity contribution is 9.09. The number of primary amides is 1. The van der Waals surface area contributed by atoms with Crippen molar-refractivity contribution in [3.63, 3.8) is 0 Å². The summed E-state index contributed by atoms with van der Waals surface area (Å²) in [5, 5.41) is 27.9. The lowest BCUT2D eigenvalue weighted by Gasteiger charge is -2.42. The highest BCUT2D eigenvalue weighted by Crippen LogP contribution is 2.49. The smallest absolute Gasteiger partial charge is 0.409 e. The molecule has 5 rings (SSSR count). The van der Waals surface area contributed by atoms with Crippen LogP contribution in [0.3, 0.4) is 0 Å². The monoisotopic (exact) mass is 1370 g/mol. The number of nitrogens with zero attached hydrogens (tertiary/aromatic N) is 2. The average Bonchev–Trinajstić information content (AvgIpc) is 1.57. The van der Waals surface area contributed by atoms with Crippen LogP contribution in [-0.2, 0) is 58.9 Å². The molecule has 28 heteroatoms. The molecule has 0 radical (unpaired) electrons. The molecular weight excluding hydrogens is 1280 g/mol. The van der Waals surface area contributed by atoms with Crippen molar-refractivity contribution in [3.05, 3.63) is 88.0 Å². The fourth-order valence-corrected chi connectivity index (χ4v) is 11.3. The summed E-state index contributed by atoms with van der Waals surface area (Å²) in [5.74, 6) is -6.35. The Bertz CT molecular complexity index is 3180. The van der Waals surface area contributed by atoms with Crippen LogP contribution in [0.15, 0.2) is 66.3 Å². The largest absolute Gasteiger partial charge is 0.495 e. The Morgan fingerprint density at radius 2 is 1.73 bits per heavy atom. The number of nitrogens with one attached hydrogen (secondary N) is 6. The number of carbonyl (C=O) groups excluding carboxylic acids is 10. The van der Waals surface area contributed by atoms with Gasteiger partial charge in [0.2, 0.25) is 23.6 Å². The average molecular weight is 1370 g/mol. The molecule has 2 aromatic carbocycles. The maximum absolute atomic E-state index is 14.6. The number of aliphatic hydroxyl groups is 1. The second-order valence-corrected chi connectivity index (χ2v) is 25.5. The fourth-order valence-electron chi connectivity index (χ4n) is 10.8. The van der Waals surface area contributed by atoms with E-state index in [-0.39, 0.29) is 76.4 Å². The lowest BCUT2D eigenvalue weighted by molar-refractivity contribution is -0.158. The number of benzene rings is 2. The van der Waals surface area contributed by atoms with E-state index in [1.807, 2.05) is 13.0 Å². The van der Waals surface area contributed by atoms with E-state index < -0.39 is 137 Å². The van der Waals surface area contributed by atoms with Gasteiger partial charge in [0.25, 0.3) is 11.8 Å². The lowest BCUT2D eigenvalue weighted by atomic mass is 9.83. The summed E-state index contributed by atoms with van der Waals surface area (Å²) in [6, 6.07) is 2.68. The second-order valence-electron chi connectivity index (χ2n) is 24.5. The van der Waals surface area contributed by atoms with Crippen LogP contribution in [0.2, 0.25) is 5.02 Å². The molecule has 10 atom stereocenters. The number of esters is 2. The number of alkyl halides is 1. The molecule has 2 saturated heterocycles. The highest BCUT2D eigenvalue weighted by Gasteiger charge is 2.64. The Kier molecular flexibility index (Phi) is 26.8. The number of amides is 9. The van der Waals surface area contributed by atoms with Crippen LogP contribution in [0.5, 0.6) is 5.75 Å². The van der Waals surface area contributed by atoms with Gasteiger partial charge in [-0.05, 0) is 115 Å². The standard InChI is InChI=1S/C64H89BrClN9O17/c1-34(2)52(72-49(76)22-15-16-25-62(7,8)92-58(82)36(4)33-65)56(80)71-43(20-18-26-69-60(67)84)55(79)70-42-24-23-40(30-41(42)54(78)68-10)57(81)74(11)38(6)59(83)90-48-31-50(77)75(12)44-28-39(29-45(87-13)51(44)66)27-35(3)19-17-21-47(88-14)64(86)32-46(89-61(85)73-64)37(5)53-63(48,9)91-53/h17,19,21,23-24,28-30,34,37-38,43,46-48,52-53,86H,4,15-16,18,20,22,25-27,31-33H2,1-3,5-14H3,(H,68,78)(H,70,79)(H,71,80)(H,72,76)(H,73,85)(H3,67,69,84)/b21-17+,35-19+/t37-,38+,43+,46+,47-,48+,52+,53+,63+,64+/m1/s1. The number of unbranched alkanes of at least 4 members (excludes halogenated alkanes) is 1. The van der Waals surface area contributed by atoms with E-state index in [4.69, 9.17) is 45.8 Å². The van der Waals surface area contributed by atoms with Gasteiger partial charge in [-0.1, -0.05) is 78.7 Å². The highest BCUT2D eigenvalue weighted by atomic mass is 79.9. The fraction of sp³-hybridized carbons (Fsp3) is 0.562. The molecule has 2 fully saturated rings. The molecule has 9 N–H and O–H groups in total. The Hall–Kier alpha value is -7.59. The maximum Gasteiger partial charge on any atom is 0.409 e. The first kappa shape index (κ1) is 75.1. The predicted molar refractivity (Wildman–Crippen MR) is 346 cm³/mol. The van der Waals surface area contributed by atoms with E-state index in [1.165, 1.54) is 65.4 Å². The number of likely N-dealkylation sites (N-methyl/N-ethyl adjacent to an activating group) is 1. The van der Waals surface area contributed by atoms with Gasteiger partial charge in [0.1, 0.15) is 58.4 Å². The number of urea groups is 1. The van der Waals surface area contributed by atoms with Crippen molar-refractivity contribution in [2.24, 2.45) is 17.6 Å². The molecule has 506 valence electrons. The minimum atomic E-state index is -1.94. The number of anilines is 2. The van der Waals surface area contributed by atoms with Gasteiger partial charge < -0.3 is 75.6 Å². The van der Waals surface area contributed by atoms with Crippen molar-refractivity contribution < 1.29 is 81.5 Å². The molecule has 0 aromatic heterocycles. The molecule has 9 amide bonds. The summed E-state index contributed by atoms with van der Waals surface area (Å²) in [6.07, 6.45) is 1.22.